The van der Waals surface area contributed by atoms with Crippen molar-refractivity contribution in [3.05, 3.63) is 71.7 Å². The molecule has 0 aliphatic rings. The molecule has 4 N–H and O–H groups in total. The van der Waals surface area contributed by atoms with Gasteiger partial charge in [0, 0.05) is 36.2 Å². The molecule has 1 atom stereocenters. The van der Waals surface area contributed by atoms with E-state index in [1.54, 1.807) is 35.8 Å². The molecule has 7 nitrogen and oxygen atoms in total. The number of sulfone groups is 1. The summed E-state index contributed by atoms with van der Waals surface area (Å²) < 4.78 is 39.2. The number of nitrogens with two attached hydrogens (primary N) is 1. The summed E-state index contributed by atoms with van der Waals surface area (Å²) in [7, 11) is -3.40. The fourth-order valence-electron chi connectivity index (χ4n) is 3.62. The average molecular weight is 447 g/mol. The maximum atomic E-state index is 14.0. The van der Waals surface area contributed by atoms with E-state index < -0.39 is 33.8 Å². The number of rotatable bonds is 7. The number of halogens is 1. The van der Waals surface area contributed by atoms with Gasteiger partial charge in [-0.25, -0.2) is 17.6 Å². The van der Waals surface area contributed by atoms with Crippen LogP contribution in [-0.2, 0) is 20.2 Å². The van der Waals surface area contributed by atoms with Crippen molar-refractivity contribution in [2.24, 2.45) is 5.73 Å². The molecule has 2 aromatic carbocycles. The highest BCUT2D eigenvalue weighted by atomic mass is 32.2. The molecule has 0 aliphatic heterocycles. The van der Waals surface area contributed by atoms with Gasteiger partial charge in [0.1, 0.15) is 11.4 Å². The number of nitrogens with zero attached hydrogens (tertiary/aromatic N) is 1. The van der Waals surface area contributed by atoms with Crippen LogP contribution >= 0.6 is 0 Å². The van der Waals surface area contributed by atoms with Crippen LogP contribution in [0.2, 0.25) is 0 Å². The third-order valence-corrected chi connectivity index (χ3v) is 6.39. The first-order valence-electron chi connectivity index (χ1n) is 9.41. The van der Waals surface area contributed by atoms with Crippen molar-refractivity contribution in [3.63, 3.8) is 0 Å². The molecule has 164 valence electrons. The first-order valence-corrected chi connectivity index (χ1v) is 11.3. The van der Waals surface area contributed by atoms with Gasteiger partial charge in [0.2, 0.25) is 0 Å². The zero-order chi connectivity index (χ0) is 23.0. The zero-order valence-corrected chi connectivity index (χ0v) is 17.9. The van der Waals surface area contributed by atoms with Crippen LogP contribution in [0.4, 0.5) is 4.39 Å². The second-order valence-electron chi connectivity index (χ2n) is 7.39. The Kier molecular flexibility index (Phi) is 6.04. The van der Waals surface area contributed by atoms with E-state index in [-0.39, 0.29) is 16.9 Å². The third-order valence-electron chi connectivity index (χ3n) is 5.26. The fourth-order valence-corrected chi connectivity index (χ4v) is 4.26. The van der Waals surface area contributed by atoms with E-state index >= 15 is 0 Å². The molecule has 3 aromatic rings. The number of carboxylic acid groups (broad SMARTS) is 1. The van der Waals surface area contributed by atoms with Gasteiger partial charge in [-0.1, -0.05) is 18.2 Å². The zero-order valence-electron chi connectivity index (χ0n) is 17.0. The first-order chi connectivity index (χ1) is 14.5. The number of benzene rings is 2. The Morgan fingerprint density at radius 2 is 1.81 bits per heavy atom. The predicted octanol–water partition coefficient (Wildman–Crippen LogP) is 2.62. The summed E-state index contributed by atoms with van der Waals surface area (Å²) in [5.41, 5.74) is 6.60. The molecule has 0 amide bonds. The van der Waals surface area contributed by atoms with Crippen molar-refractivity contribution in [2.45, 2.75) is 23.8 Å². The van der Waals surface area contributed by atoms with E-state index in [0.717, 1.165) is 6.26 Å². The smallest absolute Gasteiger partial charge is 0.328 e. The van der Waals surface area contributed by atoms with Crippen LogP contribution in [0.1, 0.15) is 17.7 Å². The molecule has 0 spiro atoms. The number of carboxylic acids is 1. The molecule has 0 aliphatic carbocycles. The lowest BCUT2D eigenvalue weighted by atomic mass is 9.87. The lowest BCUT2D eigenvalue weighted by Gasteiger charge is -2.24. The van der Waals surface area contributed by atoms with Gasteiger partial charge in [-0.05, 0) is 48.9 Å². The van der Waals surface area contributed by atoms with E-state index in [1.807, 2.05) is 0 Å². The van der Waals surface area contributed by atoms with Gasteiger partial charge >= 0.3 is 5.97 Å². The third kappa shape index (κ3) is 4.25. The molecule has 0 bridgehead atoms. The van der Waals surface area contributed by atoms with Crippen LogP contribution in [0.15, 0.2) is 59.5 Å². The van der Waals surface area contributed by atoms with Crippen molar-refractivity contribution in [2.75, 3.05) is 12.9 Å². The maximum Gasteiger partial charge on any atom is 0.328 e. The van der Waals surface area contributed by atoms with E-state index in [9.17, 15) is 27.8 Å². The second kappa shape index (κ2) is 8.26. The first kappa shape index (κ1) is 22.7. The summed E-state index contributed by atoms with van der Waals surface area (Å²) in [5, 5.41) is 19.2. The van der Waals surface area contributed by atoms with E-state index in [4.69, 9.17) is 5.73 Å². The van der Waals surface area contributed by atoms with Gasteiger partial charge in [-0.3, -0.25) is 0 Å². The Labute approximate surface area is 179 Å². The summed E-state index contributed by atoms with van der Waals surface area (Å²) in [6.45, 7) is 1.22. The number of aliphatic hydroxyl groups is 1. The van der Waals surface area contributed by atoms with Crippen LogP contribution in [0, 0.1) is 12.7 Å². The van der Waals surface area contributed by atoms with Crippen LogP contribution in [-0.4, -0.2) is 42.0 Å². The van der Waals surface area contributed by atoms with E-state index in [2.05, 4.69) is 0 Å². The standard InChI is InChI=1S/C22H23FN2O5S/c1-14-19(22(24,10-11-26)21(27)28)13-20(25(14)17-5-3-4-16(23)12-17)15-6-8-18(9-7-15)31(2,29)30/h3-9,12-13,26H,10-11,24H2,1-2H3,(H,27,28). The van der Waals surface area contributed by atoms with Gasteiger partial charge in [-0.2, -0.15) is 0 Å². The minimum absolute atomic E-state index is 0.135. The SMILES string of the molecule is Cc1c(C(N)(CCO)C(=O)O)cc(-c2ccc(S(C)(=O)=O)cc2)n1-c1cccc(F)c1. The van der Waals surface area contributed by atoms with Crippen molar-refractivity contribution in [1.29, 1.82) is 0 Å². The summed E-state index contributed by atoms with van der Waals surface area (Å²) >= 11 is 0. The van der Waals surface area contributed by atoms with Crippen molar-refractivity contribution in [1.82, 2.24) is 4.57 Å². The summed E-state index contributed by atoms with van der Waals surface area (Å²) in [4.78, 5) is 12.1. The normalized spacial score (nSPS) is 13.7. The Balaban J connectivity index is 2.30. The van der Waals surface area contributed by atoms with Crippen LogP contribution in [0.3, 0.4) is 0 Å². The highest BCUT2D eigenvalue weighted by Gasteiger charge is 2.39. The fraction of sp³-hybridized carbons (Fsp3) is 0.227. The van der Waals surface area contributed by atoms with Crippen molar-refractivity contribution >= 4 is 15.8 Å². The molecule has 0 radical (unpaired) electrons. The summed E-state index contributed by atoms with van der Waals surface area (Å²) in [5.74, 6) is -1.78. The van der Waals surface area contributed by atoms with Crippen LogP contribution in [0.5, 0.6) is 0 Å². The molecule has 3 rings (SSSR count). The molecule has 1 aromatic heterocycles. The maximum absolute atomic E-state index is 14.0. The number of carbonyl (C=O) groups is 1. The monoisotopic (exact) mass is 446 g/mol. The minimum atomic E-state index is -3.40. The highest BCUT2D eigenvalue weighted by molar-refractivity contribution is 7.90. The summed E-state index contributed by atoms with van der Waals surface area (Å²) in [6, 6.07) is 13.5. The van der Waals surface area contributed by atoms with Gasteiger partial charge in [-0.15, -0.1) is 0 Å². The molecule has 0 saturated carbocycles. The van der Waals surface area contributed by atoms with Gasteiger partial charge in [0.05, 0.1) is 10.6 Å². The number of hydrogen-bond donors (Lipinski definition) is 3. The Morgan fingerprint density at radius 3 is 2.32 bits per heavy atom. The molecule has 31 heavy (non-hydrogen) atoms. The van der Waals surface area contributed by atoms with Crippen LogP contribution in [0.25, 0.3) is 16.9 Å². The molecular formula is C22H23FN2O5S. The van der Waals surface area contributed by atoms with Gasteiger partial charge < -0.3 is 20.5 Å². The second-order valence-corrected chi connectivity index (χ2v) is 9.41. The van der Waals surface area contributed by atoms with E-state index in [0.29, 0.717) is 22.6 Å². The largest absolute Gasteiger partial charge is 0.480 e. The highest BCUT2D eigenvalue weighted by Crippen LogP contribution is 2.36. The number of aromatic nitrogens is 1. The van der Waals surface area contributed by atoms with E-state index in [1.165, 1.54) is 30.3 Å². The van der Waals surface area contributed by atoms with Crippen molar-refractivity contribution in [3.8, 4) is 16.9 Å². The molecule has 1 heterocycles. The molecule has 1 unspecified atom stereocenters. The average Bonchev–Trinajstić information content (AvgIpc) is 3.05. The quantitative estimate of drug-likeness (QED) is 0.513. The Hall–Kier alpha value is -3.01. The molecule has 9 heteroatoms. The van der Waals surface area contributed by atoms with Gasteiger partial charge in [0.25, 0.3) is 0 Å². The lowest BCUT2D eigenvalue weighted by molar-refractivity contribution is -0.144. The summed E-state index contributed by atoms with van der Waals surface area (Å²) in [6.07, 6.45) is 0.882. The molecule has 0 saturated heterocycles. The number of hydrogen-bond acceptors (Lipinski definition) is 5. The number of aliphatic hydroxyl groups excluding tert-OH is 1. The molecular weight excluding hydrogens is 423 g/mol. The Morgan fingerprint density at radius 1 is 1.16 bits per heavy atom. The Bertz CT molecular complexity index is 1240. The topological polar surface area (TPSA) is 123 Å². The van der Waals surface area contributed by atoms with Gasteiger partial charge in [0.15, 0.2) is 9.84 Å². The minimum Gasteiger partial charge on any atom is -0.480 e. The number of aliphatic carboxylic acids is 1. The molecule has 0 fully saturated rings. The van der Waals surface area contributed by atoms with Crippen LogP contribution < -0.4 is 5.73 Å². The predicted molar refractivity (Wildman–Crippen MR) is 114 cm³/mol. The van der Waals surface area contributed by atoms with Crippen molar-refractivity contribution < 1.29 is 27.8 Å². The lowest BCUT2D eigenvalue weighted by Crippen LogP contribution is -2.46.